The molecule has 0 aromatic rings. The van der Waals surface area contributed by atoms with Gasteiger partial charge in [0.2, 0.25) is 0 Å². The Balaban J connectivity index is 1.47. The van der Waals surface area contributed by atoms with Gasteiger partial charge in [-0.25, -0.2) is 0 Å². The summed E-state index contributed by atoms with van der Waals surface area (Å²) in [4.78, 5) is 5.11. The Morgan fingerprint density at radius 2 is 1.38 bits per heavy atom. The average molecular weight is 227 g/mol. The summed E-state index contributed by atoms with van der Waals surface area (Å²) in [5, 5.41) is 3.39. The second-order valence-corrected chi connectivity index (χ2v) is 4.75. The first kappa shape index (κ1) is 12.3. The summed E-state index contributed by atoms with van der Waals surface area (Å²) in [6, 6.07) is 0. The van der Waals surface area contributed by atoms with Gasteiger partial charge >= 0.3 is 0 Å². The van der Waals surface area contributed by atoms with E-state index in [1.165, 1.54) is 52.1 Å². The van der Waals surface area contributed by atoms with Gasteiger partial charge in [0.15, 0.2) is 0 Å². The van der Waals surface area contributed by atoms with Crippen molar-refractivity contribution in [2.75, 3.05) is 65.6 Å². The van der Waals surface area contributed by atoms with Crippen molar-refractivity contribution in [3.63, 3.8) is 0 Å². The van der Waals surface area contributed by atoms with E-state index >= 15 is 0 Å². The van der Waals surface area contributed by atoms with E-state index in [0.29, 0.717) is 0 Å². The largest absolute Gasteiger partial charge is 0.379 e. The fourth-order valence-electron chi connectivity index (χ4n) is 2.43. The fraction of sp³-hybridized carbons (Fsp3) is 1.00. The van der Waals surface area contributed by atoms with Gasteiger partial charge in [-0.3, -0.25) is 4.90 Å². The van der Waals surface area contributed by atoms with Crippen LogP contribution in [0.25, 0.3) is 0 Å². The van der Waals surface area contributed by atoms with Crippen LogP contribution in [0.2, 0.25) is 0 Å². The number of hydrogen-bond donors (Lipinski definition) is 1. The number of rotatable bonds is 5. The third-order valence-electron chi connectivity index (χ3n) is 3.51. The summed E-state index contributed by atoms with van der Waals surface area (Å²) >= 11 is 0. The molecule has 16 heavy (non-hydrogen) atoms. The minimum Gasteiger partial charge on any atom is -0.379 e. The van der Waals surface area contributed by atoms with Crippen molar-refractivity contribution in [1.29, 1.82) is 0 Å². The lowest BCUT2D eigenvalue weighted by molar-refractivity contribution is 0.0368. The maximum Gasteiger partial charge on any atom is 0.0594 e. The van der Waals surface area contributed by atoms with Crippen LogP contribution in [0.1, 0.15) is 12.8 Å². The molecule has 0 bridgehead atoms. The van der Waals surface area contributed by atoms with Crippen LogP contribution in [0.15, 0.2) is 0 Å². The Kier molecular flexibility index (Phi) is 5.55. The molecular formula is C12H25N3O. The van der Waals surface area contributed by atoms with E-state index in [-0.39, 0.29) is 0 Å². The number of unbranched alkanes of at least 4 members (excludes halogenated alkanes) is 1. The first-order valence-corrected chi connectivity index (χ1v) is 6.68. The molecule has 0 amide bonds. The van der Waals surface area contributed by atoms with Gasteiger partial charge in [-0.15, -0.1) is 0 Å². The molecule has 0 unspecified atom stereocenters. The average Bonchev–Trinajstić information content (AvgIpc) is 2.37. The van der Waals surface area contributed by atoms with Crippen LogP contribution >= 0.6 is 0 Å². The van der Waals surface area contributed by atoms with E-state index < -0.39 is 0 Å². The van der Waals surface area contributed by atoms with Crippen molar-refractivity contribution in [2.24, 2.45) is 0 Å². The monoisotopic (exact) mass is 227 g/mol. The van der Waals surface area contributed by atoms with Crippen molar-refractivity contribution in [3.05, 3.63) is 0 Å². The smallest absolute Gasteiger partial charge is 0.0594 e. The lowest BCUT2D eigenvalue weighted by Crippen LogP contribution is -2.44. The van der Waals surface area contributed by atoms with Gasteiger partial charge < -0.3 is 15.0 Å². The Hall–Kier alpha value is -0.160. The molecule has 4 nitrogen and oxygen atoms in total. The van der Waals surface area contributed by atoms with Gasteiger partial charge in [0.05, 0.1) is 13.2 Å². The van der Waals surface area contributed by atoms with Crippen LogP contribution in [0.5, 0.6) is 0 Å². The van der Waals surface area contributed by atoms with Gasteiger partial charge in [0.25, 0.3) is 0 Å². The van der Waals surface area contributed by atoms with E-state index in [2.05, 4.69) is 15.1 Å². The molecule has 0 radical (unpaired) electrons. The highest BCUT2D eigenvalue weighted by atomic mass is 16.5. The molecule has 2 saturated heterocycles. The van der Waals surface area contributed by atoms with Crippen LogP contribution in [0.3, 0.4) is 0 Å². The van der Waals surface area contributed by atoms with Crippen molar-refractivity contribution in [3.8, 4) is 0 Å². The van der Waals surface area contributed by atoms with E-state index in [1.54, 1.807) is 0 Å². The van der Waals surface area contributed by atoms with Gasteiger partial charge in [-0.2, -0.15) is 0 Å². The Morgan fingerprint density at radius 3 is 2.00 bits per heavy atom. The molecule has 2 fully saturated rings. The highest BCUT2D eigenvalue weighted by molar-refractivity contribution is 4.68. The summed E-state index contributed by atoms with van der Waals surface area (Å²) in [7, 11) is 0. The van der Waals surface area contributed by atoms with Crippen LogP contribution in [0.4, 0.5) is 0 Å². The third-order valence-corrected chi connectivity index (χ3v) is 3.51. The standard InChI is InChI=1S/C12H25N3O/c1(5-14-7-3-13-4-8-14)2-6-15-9-11-16-12-10-15/h13H,1-12H2. The Labute approximate surface area is 98.9 Å². The quantitative estimate of drug-likeness (QED) is 0.669. The second-order valence-electron chi connectivity index (χ2n) is 4.75. The topological polar surface area (TPSA) is 27.7 Å². The maximum absolute atomic E-state index is 5.34. The van der Waals surface area contributed by atoms with E-state index in [1.807, 2.05) is 0 Å². The number of hydrogen-bond acceptors (Lipinski definition) is 4. The van der Waals surface area contributed by atoms with Crippen molar-refractivity contribution in [1.82, 2.24) is 15.1 Å². The third kappa shape index (κ3) is 4.37. The van der Waals surface area contributed by atoms with E-state index in [0.717, 1.165) is 26.3 Å². The zero-order valence-electron chi connectivity index (χ0n) is 10.3. The minimum absolute atomic E-state index is 0.928. The zero-order chi connectivity index (χ0) is 11.1. The molecule has 4 heteroatoms. The summed E-state index contributed by atoms with van der Waals surface area (Å²) in [5.74, 6) is 0. The molecule has 0 aromatic heterocycles. The Bertz CT molecular complexity index is 157. The lowest BCUT2D eigenvalue weighted by atomic mass is 10.2. The van der Waals surface area contributed by atoms with Gasteiger partial charge in [0, 0.05) is 39.3 Å². The van der Waals surface area contributed by atoms with E-state index in [9.17, 15) is 0 Å². The summed E-state index contributed by atoms with van der Waals surface area (Å²) in [6.07, 6.45) is 2.68. The molecule has 2 heterocycles. The highest BCUT2D eigenvalue weighted by Crippen LogP contribution is 2.02. The van der Waals surface area contributed by atoms with Gasteiger partial charge in [-0.1, -0.05) is 0 Å². The molecule has 2 aliphatic heterocycles. The normalized spacial score (nSPS) is 24.8. The van der Waals surface area contributed by atoms with Crippen molar-refractivity contribution >= 4 is 0 Å². The maximum atomic E-state index is 5.34. The molecule has 0 saturated carbocycles. The van der Waals surface area contributed by atoms with E-state index in [4.69, 9.17) is 4.74 Å². The van der Waals surface area contributed by atoms with Crippen LogP contribution in [-0.4, -0.2) is 75.4 Å². The molecule has 0 atom stereocenters. The zero-order valence-corrected chi connectivity index (χ0v) is 10.3. The number of nitrogens with one attached hydrogen (secondary N) is 1. The molecule has 2 rings (SSSR count). The molecule has 0 spiro atoms. The van der Waals surface area contributed by atoms with Crippen molar-refractivity contribution < 1.29 is 4.74 Å². The molecule has 0 aromatic carbocycles. The highest BCUT2D eigenvalue weighted by Gasteiger charge is 2.11. The number of morpholine rings is 1. The first-order valence-electron chi connectivity index (χ1n) is 6.68. The molecule has 94 valence electrons. The predicted octanol–water partition coefficient (Wildman–Crippen LogP) is 0.00400. The van der Waals surface area contributed by atoms with Gasteiger partial charge in [0.1, 0.15) is 0 Å². The first-order chi connectivity index (χ1) is 7.95. The van der Waals surface area contributed by atoms with Gasteiger partial charge in [-0.05, 0) is 25.9 Å². The van der Waals surface area contributed by atoms with Crippen LogP contribution in [-0.2, 0) is 4.74 Å². The SMILES string of the molecule is C(CCN1CCOCC1)CN1CCNCC1. The summed E-state index contributed by atoms with van der Waals surface area (Å²) < 4.78 is 5.34. The fourth-order valence-corrected chi connectivity index (χ4v) is 2.43. The lowest BCUT2D eigenvalue weighted by Gasteiger charge is -2.28. The van der Waals surface area contributed by atoms with Crippen LogP contribution in [0, 0.1) is 0 Å². The molecule has 1 N–H and O–H groups in total. The molecule has 2 aliphatic rings. The number of piperazine rings is 1. The number of ether oxygens (including phenoxy) is 1. The second kappa shape index (κ2) is 7.22. The Morgan fingerprint density at radius 1 is 0.812 bits per heavy atom. The van der Waals surface area contributed by atoms with Crippen molar-refractivity contribution in [2.45, 2.75) is 12.8 Å². The minimum atomic E-state index is 0.928. The predicted molar refractivity (Wildman–Crippen MR) is 65.8 cm³/mol. The summed E-state index contributed by atoms with van der Waals surface area (Å²) in [6.45, 7) is 11.5. The molecule has 0 aliphatic carbocycles. The molecular weight excluding hydrogens is 202 g/mol. The number of nitrogens with zero attached hydrogens (tertiary/aromatic N) is 2. The van der Waals surface area contributed by atoms with Crippen LogP contribution < -0.4 is 5.32 Å². The summed E-state index contributed by atoms with van der Waals surface area (Å²) in [5.41, 5.74) is 0.